The van der Waals surface area contributed by atoms with Crippen LogP contribution in [0, 0.1) is 0 Å². The summed E-state index contributed by atoms with van der Waals surface area (Å²) in [5.41, 5.74) is 3.16. The predicted molar refractivity (Wildman–Crippen MR) is 102 cm³/mol. The van der Waals surface area contributed by atoms with Crippen LogP contribution >= 0.6 is 0 Å². The molecule has 0 unspecified atom stereocenters. The molecule has 3 N–H and O–H groups in total. The van der Waals surface area contributed by atoms with Crippen LogP contribution in [0.25, 0.3) is 22.2 Å². The van der Waals surface area contributed by atoms with Crippen molar-refractivity contribution in [1.29, 1.82) is 0 Å². The number of H-pyrrole nitrogens is 1. The van der Waals surface area contributed by atoms with Gasteiger partial charge < -0.3 is 15.4 Å². The molecule has 5 heteroatoms. The number of hydrogen-bond acceptors (Lipinski definition) is 3. The van der Waals surface area contributed by atoms with Crippen LogP contribution in [0.15, 0.2) is 48.5 Å². The van der Waals surface area contributed by atoms with Crippen LogP contribution in [0.3, 0.4) is 0 Å². The average Bonchev–Trinajstić information content (AvgIpc) is 3.14. The van der Waals surface area contributed by atoms with Gasteiger partial charge in [0, 0.05) is 5.56 Å². The molecule has 1 amide bonds. The first-order valence-corrected chi connectivity index (χ1v) is 9.18. The van der Waals surface area contributed by atoms with E-state index in [0.717, 1.165) is 54.3 Å². The van der Waals surface area contributed by atoms with Crippen molar-refractivity contribution in [3.8, 4) is 11.1 Å². The monoisotopic (exact) mass is 349 g/mol. The zero-order valence-corrected chi connectivity index (χ0v) is 14.7. The van der Waals surface area contributed by atoms with Crippen LogP contribution < -0.4 is 5.32 Å². The van der Waals surface area contributed by atoms with Crippen molar-refractivity contribution in [1.82, 2.24) is 15.3 Å². The first-order valence-electron chi connectivity index (χ1n) is 9.18. The summed E-state index contributed by atoms with van der Waals surface area (Å²) in [6.07, 6.45) is 4.83. The number of amides is 1. The normalized spacial score (nSPS) is 16.5. The Balaban J connectivity index is 1.66. The number of carbonyl (C=O) groups is 1. The highest BCUT2D eigenvalue weighted by atomic mass is 16.3. The number of aromatic amines is 1. The highest BCUT2D eigenvalue weighted by molar-refractivity contribution is 5.98. The van der Waals surface area contributed by atoms with Crippen molar-refractivity contribution in [2.45, 2.75) is 37.6 Å². The largest absolute Gasteiger partial charge is 0.394 e. The number of nitrogens with one attached hydrogen (secondary N) is 2. The third-order valence-electron chi connectivity index (χ3n) is 5.30. The SMILES string of the molecule is O=C(NC1(CO)CCCCC1)c1nc2c(-c3ccccc3)cccc2[nH]1. The molecule has 5 nitrogen and oxygen atoms in total. The van der Waals surface area contributed by atoms with E-state index in [-0.39, 0.29) is 12.5 Å². The predicted octanol–water partition coefficient (Wildman–Crippen LogP) is 3.65. The fraction of sp³-hybridized carbons (Fsp3) is 0.333. The summed E-state index contributed by atoms with van der Waals surface area (Å²) in [6.45, 7) is -0.0335. The van der Waals surface area contributed by atoms with Gasteiger partial charge in [0.1, 0.15) is 0 Å². The second-order valence-electron chi connectivity index (χ2n) is 7.11. The molecule has 1 aliphatic rings. The number of nitrogens with zero attached hydrogens (tertiary/aromatic N) is 1. The Kier molecular flexibility index (Phi) is 4.47. The first-order chi connectivity index (χ1) is 12.7. The van der Waals surface area contributed by atoms with Gasteiger partial charge in [0.15, 0.2) is 5.82 Å². The molecular weight excluding hydrogens is 326 g/mol. The second-order valence-corrected chi connectivity index (χ2v) is 7.11. The molecular formula is C21H23N3O2. The first kappa shape index (κ1) is 16.8. The maximum atomic E-state index is 12.8. The lowest BCUT2D eigenvalue weighted by atomic mass is 9.82. The van der Waals surface area contributed by atoms with E-state index in [2.05, 4.69) is 15.3 Å². The standard InChI is InChI=1S/C21H23N3O2/c25-14-21(12-5-2-6-13-21)24-20(26)19-22-17-11-7-10-16(18(17)23-19)15-8-3-1-4-9-15/h1,3-4,7-11,25H,2,5-6,12-14H2,(H,22,23)(H,24,26). The lowest BCUT2D eigenvalue weighted by molar-refractivity contribution is 0.0750. The molecule has 0 bridgehead atoms. The minimum atomic E-state index is -0.517. The molecule has 26 heavy (non-hydrogen) atoms. The molecule has 1 saturated carbocycles. The summed E-state index contributed by atoms with van der Waals surface area (Å²) in [5, 5.41) is 12.9. The zero-order valence-electron chi connectivity index (χ0n) is 14.7. The Bertz CT molecular complexity index is 911. The van der Waals surface area contributed by atoms with Gasteiger partial charge in [-0.15, -0.1) is 0 Å². The van der Waals surface area contributed by atoms with E-state index < -0.39 is 5.54 Å². The van der Waals surface area contributed by atoms with Gasteiger partial charge >= 0.3 is 0 Å². The van der Waals surface area contributed by atoms with E-state index in [1.807, 2.05) is 48.5 Å². The molecule has 2 aromatic carbocycles. The van der Waals surface area contributed by atoms with Crippen LogP contribution in [-0.2, 0) is 0 Å². The summed E-state index contributed by atoms with van der Waals surface area (Å²) in [6, 6.07) is 15.9. The Morgan fingerprint density at radius 3 is 2.58 bits per heavy atom. The highest BCUT2D eigenvalue weighted by Gasteiger charge is 2.33. The van der Waals surface area contributed by atoms with Gasteiger partial charge in [-0.3, -0.25) is 4.79 Å². The molecule has 0 saturated heterocycles. The topological polar surface area (TPSA) is 78.0 Å². The van der Waals surface area contributed by atoms with Gasteiger partial charge in [-0.1, -0.05) is 61.7 Å². The van der Waals surface area contributed by atoms with Crippen LogP contribution in [0.2, 0.25) is 0 Å². The lowest BCUT2D eigenvalue weighted by Crippen LogP contribution is -2.52. The van der Waals surface area contributed by atoms with Crippen LogP contribution in [0.5, 0.6) is 0 Å². The second kappa shape index (κ2) is 6.92. The molecule has 0 aliphatic heterocycles. The van der Waals surface area contributed by atoms with Gasteiger partial charge in [-0.2, -0.15) is 0 Å². The maximum Gasteiger partial charge on any atom is 0.287 e. The number of hydrogen-bond donors (Lipinski definition) is 3. The number of aliphatic hydroxyl groups is 1. The summed E-state index contributed by atoms with van der Waals surface area (Å²) >= 11 is 0. The summed E-state index contributed by atoms with van der Waals surface area (Å²) < 4.78 is 0. The van der Waals surface area contributed by atoms with E-state index in [9.17, 15) is 9.90 Å². The number of para-hydroxylation sites is 1. The molecule has 1 aliphatic carbocycles. The van der Waals surface area contributed by atoms with Gasteiger partial charge in [-0.25, -0.2) is 4.98 Å². The maximum absolute atomic E-state index is 12.8. The summed E-state index contributed by atoms with van der Waals surface area (Å²) in [5.74, 6) is 0.0398. The Hall–Kier alpha value is -2.66. The van der Waals surface area contributed by atoms with Crippen molar-refractivity contribution < 1.29 is 9.90 Å². The van der Waals surface area contributed by atoms with E-state index in [1.54, 1.807) is 0 Å². The Morgan fingerprint density at radius 1 is 1.08 bits per heavy atom. The van der Waals surface area contributed by atoms with E-state index >= 15 is 0 Å². The fourth-order valence-electron chi connectivity index (χ4n) is 3.84. The van der Waals surface area contributed by atoms with Gasteiger partial charge in [0.2, 0.25) is 0 Å². The minimum absolute atomic E-state index is 0.0335. The molecule has 0 spiro atoms. The van der Waals surface area contributed by atoms with Crippen molar-refractivity contribution >= 4 is 16.9 Å². The number of fused-ring (bicyclic) bond motifs is 1. The molecule has 0 radical (unpaired) electrons. The van der Waals surface area contributed by atoms with Gasteiger partial charge in [-0.05, 0) is 24.5 Å². The summed E-state index contributed by atoms with van der Waals surface area (Å²) in [7, 11) is 0. The Labute approximate surface area is 152 Å². The molecule has 3 aromatic rings. The van der Waals surface area contributed by atoms with Crippen molar-refractivity contribution in [2.24, 2.45) is 0 Å². The molecule has 1 fully saturated rings. The number of carbonyl (C=O) groups excluding carboxylic acids is 1. The molecule has 4 rings (SSSR count). The number of aromatic nitrogens is 2. The van der Waals surface area contributed by atoms with Crippen molar-refractivity contribution in [3.05, 3.63) is 54.4 Å². The number of benzene rings is 2. The highest BCUT2D eigenvalue weighted by Crippen LogP contribution is 2.29. The molecule has 0 atom stereocenters. The minimum Gasteiger partial charge on any atom is -0.394 e. The molecule has 134 valence electrons. The number of rotatable bonds is 4. The van der Waals surface area contributed by atoms with Gasteiger partial charge in [0.25, 0.3) is 5.91 Å². The number of imidazole rings is 1. The van der Waals surface area contributed by atoms with Crippen molar-refractivity contribution in [3.63, 3.8) is 0 Å². The van der Waals surface area contributed by atoms with Gasteiger partial charge in [0.05, 0.1) is 23.2 Å². The molecule has 1 heterocycles. The third kappa shape index (κ3) is 3.10. The smallest absolute Gasteiger partial charge is 0.287 e. The van der Waals surface area contributed by atoms with E-state index in [1.165, 1.54) is 0 Å². The van der Waals surface area contributed by atoms with Crippen LogP contribution in [0.1, 0.15) is 42.7 Å². The van der Waals surface area contributed by atoms with E-state index in [0.29, 0.717) is 5.82 Å². The Morgan fingerprint density at radius 2 is 1.85 bits per heavy atom. The quantitative estimate of drug-likeness (QED) is 0.673. The van der Waals surface area contributed by atoms with E-state index in [4.69, 9.17) is 0 Å². The van der Waals surface area contributed by atoms with Crippen LogP contribution in [-0.4, -0.2) is 33.1 Å². The lowest BCUT2D eigenvalue weighted by Gasteiger charge is -2.36. The summed E-state index contributed by atoms with van der Waals surface area (Å²) in [4.78, 5) is 20.5. The molecule has 1 aromatic heterocycles. The average molecular weight is 349 g/mol. The number of aliphatic hydroxyl groups excluding tert-OH is 1. The van der Waals surface area contributed by atoms with Crippen molar-refractivity contribution in [2.75, 3.05) is 6.61 Å². The third-order valence-corrected chi connectivity index (χ3v) is 5.30. The zero-order chi connectivity index (χ0) is 18.0. The van der Waals surface area contributed by atoms with Crippen LogP contribution in [0.4, 0.5) is 0 Å². The fourth-order valence-corrected chi connectivity index (χ4v) is 3.84.